The topological polar surface area (TPSA) is 30.0 Å². The standard InChI is InChI=1S/C13H9BrClNO/c14-11-5-9(7-16-8-11)6-13(17)10-1-3-12(15)4-2-10/h1-5,7-8H,6H2. The molecule has 0 fully saturated rings. The average molecular weight is 311 g/mol. The molecule has 1 aromatic heterocycles. The molecule has 0 saturated heterocycles. The molecule has 1 heterocycles. The van der Waals surface area contributed by atoms with Crippen molar-refractivity contribution in [3.8, 4) is 0 Å². The summed E-state index contributed by atoms with van der Waals surface area (Å²) in [7, 11) is 0. The molecule has 0 aliphatic carbocycles. The van der Waals surface area contributed by atoms with E-state index < -0.39 is 0 Å². The lowest BCUT2D eigenvalue weighted by molar-refractivity contribution is 0.0993. The second-order valence-corrected chi connectivity index (χ2v) is 4.97. The zero-order valence-corrected chi connectivity index (χ0v) is 11.2. The molecule has 2 nitrogen and oxygen atoms in total. The second kappa shape index (κ2) is 5.43. The third-order valence-corrected chi connectivity index (χ3v) is 2.98. The number of hydrogen-bond donors (Lipinski definition) is 0. The lowest BCUT2D eigenvalue weighted by Crippen LogP contribution is -2.03. The highest BCUT2D eigenvalue weighted by molar-refractivity contribution is 9.10. The van der Waals surface area contributed by atoms with E-state index in [4.69, 9.17) is 11.6 Å². The molecule has 2 rings (SSSR count). The van der Waals surface area contributed by atoms with Crippen molar-refractivity contribution in [2.24, 2.45) is 0 Å². The average Bonchev–Trinajstić information content (AvgIpc) is 2.29. The maximum atomic E-state index is 12.0. The number of carbonyl (C=O) groups is 1. The highest BCUT2D eigenvalue weighted by atomic mass is 79.9. The summed E-state index contributed by atoms with van der Waals surface area (Å²) in [6.07, 6.45) is 3.73. The van der Waals surface area contributed by atoms with Gasteiger partial charge in [-0.1, -0.05) is 11.6 Å². The van der Waals surface area contributed by atoms with Gasteiger partial charge in [0.05, 0.1) is 0 Å². The van der Waals surface area contributed by atoms with Gasteiger partial charge in [0.1, 0.15) is 0 Å². The van der Waals surface area contributed by atoms with Crippen LogP contribution < -0.4 is 0 Å². The van der Waals surface area contributed by atoms with Crippen LogP contribution in [0.5, 0.6) is 0 Å². The molecule has 2 aromatic rings. The molecule has 0 bridgehead atoms. The first kappa shape index (κ1) is 12.3. The number of carbonyl (C=O) groups excluding carboxylic acids is 1. The Kier molecular flexibility index (Phi) is 3.92. The van der Waals surface area contributed by atoms with Crippen molar-refractivity contribution in [3.63, 3.8) is 0 Å². The van der Waals surface area contributed by atoms with Crippen LogP contribution in [0.25, 0.3) is 0 Å². The summed E-state index contributed by atoms with van der Waals surface area (Å²) < 4.78 is 0.874. The van der Waals surface area contributed by atoms with E-state index in [2.05, 4.69) is 20.9 Å². The summed E-state index contributed by atoms with van der Waals surface area (Å²) >= 11 is 9.10. The van der Waals surface area contributed by atoms with Crippen molar-refractivity contribution in [1.29, 1.82) is 0 Å². The van der Waals surface area contributed by atoms with Gasteiger partial charge in [0.25, 0.3) is 0 Å². The molecule has 0 radical (unpaired) electrons. The Bertz CT molecular complexity index is 539. The molecule has 17 heavy (non-hydrogen) atoms. The fourth-order valence-electron chi connectivity index (χ4n) is 1.48. The molecule has 0 saturated carbocycles. The van der Waals surface area contributed by atoms with Crippen molar-refractivity contribution in [3.05, 3.63) is 63.3 Å². The molecular weight excluding hydrogens is 302 g/mol. The van der Waals surface area contributed by atoms with Crippen LogP contribution in [0.4, 0.5) is 0 Å². The number of hydrogen-bond acceptors (Lipinski definition) is 2. The van der Waals surface area contributed by atoms with Crippen molar-refractivity contribution >= 4 is 33.3 Å². The van der Waals surface area contributed by atoms with E-state index in [9.17, 15) is 4.79 Å². The SMILES string of the molecule is O=C(Cc1cncc(Br)c1)c1ccc(Cl)cc1. The second-order valence-electron chi connectivity index (χ2n) is 3.62. The van der Waals surface area contributed by atoms with E-state index in [-0.39, 0.29) is 5.78 Å². The number of rotatable bonds is 3. The molecule has 0 spiro atoms. The number of ketones is 1. The van der Waals surface area contributed by atoms with Crippen molar-refractivity contribution in [2.75, 3.05) is 0 Å². The Morgan fingerprint density at radius 2 is 1.94 bits per heavy atom. The predicted molar refractivity (Wildman–Crippen MR) is 71.4 cm³/mol. The van der Waals surface area contributed by atoms with Crippen LogP contribution in [0.1, 0.15) is 15.9 Å². The van der Waals surface area contributed by atoms with Gasteiger partial charge in [0.2, 0.25) is 0 Å². The van der Waals surface area contributed by atoms with Crippen molar-refractivity contribution in [1.82, 2.24) is 4.98 Å². The van der Waals surface area contributed by atoms with Crippen LogP contribution in [0.3, 0.4) is 0 Å². The van der Waals surface area contributed by atoms with Crippen LogP contribution in [0.15, 0.2) is 47.2 Å². The number of benzene rings is 1. The molecule has 4 heteroatoms. The Balaban J connectivity index is 2.14. The highest BCUT2D eigenvalue weighted by Crippen LogP contribution is 2.14. The summed E-state index contributed by atoms with van der Waals surface area (Å²) in [5.74, 6) is 0.0570. The Morgan fingerprint density at radius 1 is 1.24 bits per heavy atom. The fourth-order valence-corrected chi connectivity index (χ4v) is 2.01. The number of halogens is 2. The van der Waals surface area contributed by atoms with E-state index >= 15 is 0 Å². The van der Waals surface area contributed by atoms with Crippen LogP contribution in [-0.4, -0.2) is 10.8 Å². The third-order valence-electron chi connectivity index (χ3n) is 2.29. The minimum Gasteiger partial charge on any atom is -0.294 e. The predicted octanol–water partition coefficient (Wildman–Crippen LogP) is 3.92. The van der Waals surface area contributed by atoms with Gasteiger partial charge in [-0.2, -0.15) is 0 Å². The first-order valence-corrected chi connectivity index (χ1v) is 6.20. The molecule has 86 valence electrons. The van der Waals surface area contributed by atoms with Gasteiger partial charge in [-0.15, -0.1) is 0 Å². The molecule has 0 unspecified atom stereocenters. The lowest BCUT2D eigenvalue weighted by atomic mass is 10.0. The summed E-state index contributed by atoms with van der Waals surface area (Å²) in [5, 5.41) is 0.630. The van der Waals surface area contributed by atoms with Crippen LogP contribution in [0, 0.1) is 0 Å². The van der Waals surface area contributed by atoms with Crippen LogP contribution in [-0.2, 0) is 6.42 Å². The first-order chi connectivity index (χ1) is 8.15. The number of Topliss-reactive ketones (excluding diaryl/α,β-unsaturated/α-hetero) is 1. The van der Waals surface area contributed by atoms with Crippen LogP contribution >= 0.6 is 27.5 Å². The Morgan fingerprint density at radius 3 is 2.59 bits per heavy atom. The van der Waals surface area contributed by atoms with E-state index in [1.165, 1.54) is 0 Å². The monoisotopic (exact) mass is 309 g/mol. The molecule has 0 N–H and O–H groups in total. The van der Waals surface area contributed by atoms with Crippen molar-refractivity contribution in [2.45, 2.75) is 6.42 Å². The fraction of sp³-hybridized carbons (Fsp3) is 0.0769. The molecule has 1 aromatic carbocycles. The molecule has 0 aliphatic rings. The lowest BCUT2D eigenvalue weighted by Gasteiger charge is -2.02. The number of nitrogens with zero attached hydrogens (tertiary/aromatic N) is 1. The van der Waals surface area contributed by atoms with Gasteiger partial charge in [0.15, 0.2) is 5.78 Å². The van der Waals surface area contributed by atoms with Gasteiger partial charge in [-0.25, -0.2) is 0 Å². The van der Waals surface area contributed by atoms with E-state index in [1.807, 2.05) is 6.07 Å². The van der Waals surface area contributed by atoms with Crippen LogP contribution in [0.2, 0.25) is 5.02 Å². The Hall–Kier alpha value is -1.19. The smallest absolute Gasteiger partial charge is 0.167 e. The van der Waals surface area contributed by atoms with Gasteiger partial charge >= 0.3 is 0 Å². The maximum Gasteiger partial charge on any atom is 0.167 e. The minimum absolute atomic E-state index is 0.0570. The number of pyridine rings is 1. The number of aromatic nitrogens is 1. The minimum atomic E-state index is 0.0570. The van der Waals surface area contributed by atoms with Gasteiger partial charge in [-0.05, 0) is 51.8 Å². The summed E-state index contributed by atoms with van der Waals surface area (Å²) in [6.45, 7) is 0. The molecular formula is C13H9BrClNO. The Labute approximate surface area is 113 Å². The third kappa shape index (κ3) is 3.38. The zero-order chi connectivity index (χ0) is 12.3. The van der Waals surface area contributed by atoms with Gasteiger partial charge in [-0.3, -0.25) is 9.78 Å². The zero-order valence-electron chi connectivity index (χ0n) is 8.86. The summed E-state index contributed by atoms with van der Waals surface area (Å²) in [5.41, 5.74) is 1.55. The normalized spacial score (nSPS) is 10.2. The summed E-state index contributed by atoms with van der Waals surface area (Å²) in [4.78, 5) is 16.0. The largest absolute Gasteiger partial charge is 0.294 e. The quantitative estimate of drug-likeness (QED) is 0.804. The maximum absolute atomic E-state index is 12.0. The highest BCUT2D eigenvalue weighted by Gasteiger charge is 2.07. The van der Waals surface area contributed by atoms with Gasteiger partial charge < -0.3 is 0 Å². The van der Waals surface area contributed by atoms with Gasteiger partial charge in [0, 0.05) is 33.9 Å². The first-order valence-electron chi connectivity index (χ1n) is 5.03. The molecule has 0 aliphatic heterocycles. The van der Waals surface area contributed by atoms with E-state index in [0.29, 0.717) is 17.0 Å². The van der Waals surface area contributed by atoms with E-state index in [1.54, 1.807) is 36.7 Å². The molecule has 0 amide bonds. The summed E-state index contributed by atoms with van der Waals surface area (Å²) in [6, 6.07) is 8.79. The van der Waals surface area contributed by atoms with Crippen molar-refractivity contribution < 1.29 is 4.79 Å². The van der Waals surface area contributed by atoms with E-state index in [0.717, 1.165) is 10.0 Å². The molecule has 0 atom stereocenters.